The van der Waals surface area contributed by atoms with Crippen LogP contribution in [0.25, 0.3) is 0 Å². The van der Waals surface area contributed by atoms with Gasteiger partial charge in [0, 0.05) is 6.54 Å². The van der Waals surface area contributed by atoms with E-state index in [1.165, 1.54) is 5.57 Å². The summed E-state index contributed by atoms with van der Waals surface area (Å²) in [5, 5.41) is 0. The number of hydrogen-bond donors (Lipinski definition) is 2. The van der Waals surface area contributed by atoms with E-state index in [9.17, 15) is 0 Å². The minimum absolute atomic E-state index is 0.654. The van der Waals surface area contributed by atoms with Crippen LogP contribution in [0.15, 0.2) is 23.8 Å². The molecule has 0 radical (unpaired) electrons. The van der Waals surface area contributed by atoms with Crippen LogP contribution in [0.3, 0.4) is 0 Å². The van der Waals surface area contributed by atoms with E-state index in [1.54, 1.807) is 0 Å². The maximum absolute atomic E-state index is 5.21. The van der Waals surface area contributed by atoms with E-state index >= 15 is 0 Å². The minimum atomic E-state index is 0.654. The van der Waals surface area contributed by atoms with E-state index in [4.69, 9.17) is 5.84 Å². The summed E-state index contributed by atoms with van der Waals surface area (Å²) in [6.07, 6.45) is 7.55. The van der Waals surface area contributed by atoms with Crippen LogP contribution in [0.4, 0.5) is 0 Å². The zero-order chi connectivity index (χ0) is 7.40. The molecular weight excluding hydrogens is 124 g/mol. The first-order chi connectivity index (χ1) is 4.84. The van der Waals surface area contributed by atoms with Crippen molar-refractivity contribution in [2.45, 2.75) is 13.3 Å². The van der Waals surface area contributed by atoms with Gasteiger partial charge in [0.05, 0.1) is 0 Å². The second-order valence-corrected chi connectivity index (χ2v) is 2.69. The van der Waals surface area contributed by atoms with Gasteiger partial charge in [-0.3, -0.25) is 11.3 Å². The van der Waals surface area contributed by atoms with Gasteiger partial charge in [0.25, 0.3) is 0 Å². The first kappa shape index (κ1) is 7.51. The van der Waals surface area contributed by atoms with Crippen molar-refractivity contribution in [3.05, 3.63) is 23.8 Å². The molecule has 0 aromatic heterocycles. The third-order valence-electron chi connectivity index (χ3n) is 1.88. The summed E-state index contributed by atoms with van der Waals surface area (Å²) in [7, 11) is 0. The molecule has 0 amide bonds. The number of hydrazine groups is 1. The summed E-state index contributed by atoms with van der Waals surface area (Å²) in [6, 6.07) is 0. The normalized spacial score (nSPS) is 24.6. The molecule has 0 saturated carbocycles. The van der Waals surface area contributed by atoms with Gasteiger partial charge in [-0.25, -0.2) is 0 Å². The van der Waals surface area contributed by atoms with Gasteiger partial charge in [0.2, 0.25) is 0 Å². The standard InChI is InChI=1S/C8H14N2/c1-7-4-2-3-5-8(7)6-10-9/h2-3,5,7,10H,4,6,9H2,1H3. The smallest absolute Gasteiger partial charge is 0.0313 e. The molecule has 1 unspecified atom stereocenters. The lowest BCUT2D eigenvalue weighted by molar-refractivity contribution is 0.633. The highest BCUT2D eigenvalue weighted by molar-refractivity contribution is 5.21. The molecule has 0 aliphatic heterocycles. The number of allylic oxidation sites excluding steroid dienone is 3. The summed E-state index contributed by atoms with van der Waals surface area (Å²) < 4.78 is 0. The lowest BCUT2D eigenvalue weighted by Gasteiger charge is -2.15. The zero-order valence-corrected chi connectivity index (χ0v) is 6.30. The lowest BCUT2D eigenvalue weighted by Crippen LogP contribution is -2.26. The number of nitrogens with two attached hydrogens (primary N) is 1. The Morgan fingerprint density at radius 2 is 2.60 bits per heavy atom. The minimum Gasteiger partial charge on any atom is -0.271 e. The van der Waals surface area contributed by atoms with Gasteiger partial charge >= 0.3 is 0 Å². The molecule has 10 heavy (non-hydrogen) atoms. The van der Waals surface area contributed by atoms with Gasteiger partial charge in [-0.1, -0.05) is 30.7 Å². The van der Waals surface area contributed by atoms with Crippen molar-refractivity contribution in [1.29, 1.82) is 0 Å². The fourth-order valence-electron chi connectivity index (χ4n) is 1.14. The molecule has 3 N–H and O–H groups in total. The summed E-state index contributed by atoms with van der Waals surface area (Å²) in [5.41, 5.74) is 4.06. The second-order valence-electron chi connectivity index (χ2n) is 2.69. The highest BCUT2D eigenvalue weighted by Gasteiger charge is 2.07. The van der Waals surface area contributed by atoms with Crippen LogP contribution in [0, 0.1) is 5.92 Å². The predicted molar refractivity (Wildman–Crippen MR) is 43.2 cm³/mol. The van der Waals surface area contributed by atoms with E-state index in [2.05, 4.69) is 30.6 Å². The maximum Gasteiger partial charge on any atom is 0.0313 e. The van der Waals surface area contributed by atoms with Crippen LogP contribution in [-0.4, -0.2) is 6.54 Å². The van der Waals surface area contributed by atoms with E-state index < -0.39 is 0 Å². The van der Waals surface area contributed by atoms with Crippen LogP contribution in [0.1, 0.15) is 13.3 Å². The van der Waals surface area contributed by atoms with E-state index in [1.807, 2.05) is 0 Å². The Bertz CT molecular complexity index is 159. The highest BCUT2D eigenvalue weighted by Crippen LogP contribution is 2.18. The lowest BCUT2D eigenvalue weighted by atomic mass is 9.93. The molecule has 56 valence electrons. The fourth-order valence-corrected chi connectivity index (χ4v) is 1.14. The molecular formula is C8H14N2. The van der Waals surface area contributed by atoms with Crippen molar-refractivity contribution >= 4 is 0 Å². The third kappa shape index (κ3) is 1.69. The molecule has 0 heterocycles. The molecule has 0 bridgehead atoms. The molecule has 2 heteroatoms. The molecule has 0 fully saturated rings. The maximum atomic E-state index is 5.21. The van der Waals surface area contributed by atoms with Gasteiger partial charge in [0.1, 0.15) is 0 Å². The Hall–Kier alpha value is -0.600. The highest BCUT2D eigenvalue weighted by atomic mass is 15.2. The van der Waals surface area contributed by atoms with E-state index in [-0.39, 0.29) is 0 Å². The average Bonchev–Trinajstić information content (AvgIpc) is 1.94. The molecule has 0 aromatic rings. The number of nitrogens with one attached hydrogen (secondary N) is 1. The van der Waals surface area contributed by atoms with Gasteiger partial charge in [-0.2, -0.15) is 0 Å². The van der Waals surface area contributed by atoms with Crippen LogP contribution in [0.2, 0.25) is 0 Å². The summed E-state index contributed by atoms with van der Waals surface area (Å²) in [4.78, 5) is 0. The SMILES string of the molecule is CC1CC=CC=C1CNN. The fraction of sp³-hybridized carbons (Fsp3) is 0.500. The van der Waals surface area contributed by atoms with Gasteiger partial charge in [-0.15, -0.1) is 0 Å². The largest absolute Gasteiger partial charge is 0.271 e. The van der Waals surface area contributed by atoms with Gasteiger partial charge < -0.3 is 0 Å². The van der Waals surface area contributed by atoms with Crippen molar-refractivity contribution < 1.29 is 0 Å². The Morgan fingerprint density at radius 3 is 3.20 bits per heavy atom. The summed E-state index contributed by atoms with van der Waals surface area (Å²) in [6.45, 7) is 3.03. The zero-order valence-electron chi connectivity index (χ0n) is 6.30. The van der Waals surface area contributed by atoms with Crippen LogP contribution in [0.5, 0.6) is 0 Å². The van der Waals surface area contributed by atoms with Crippen molar-refractivity contribution in [3.8, 4) is 0 Å². The third-order valence-corrected chi connectivity index (χ3v) is 1.88. The Morgan fingerprint density at radius 1 is 1.80 bits per heavy atom. The molecule has 1 atom stereocenters. The van der Waals surface area contributed by atoms with E-state index in [0.717, 1.165) is 13.0 Å². The second kappa shape index (κ2) is 3.54. The van der Waals surface area contributed by atoms with Crippen LogP contribution < -0.4 is 11.3 Å². The van der Waals surface area contributed by atoms with E-state index in [0.29, 0.717) is 5.92 Å². The van der Waals surface area contributed by atoms with Crippen molar-refractivity contribution in [1.82, 2.24) is 5.43 Å². The number of hydrogen-bond acceptors (Lipinski definition) is 2. The molecule has 0 saturated heterocycles. The summed E-state index contributed by atoms with van der Waals surface area (Å²) in [5.74, 6) is 5.86. The Kier molecular flexibility index (Phi) is 2.66. The predicted octanol–water partition coefficient (Wildman–Crippen LogP) is 0.972. The quantitative estimate of drug-likeness (QED) is 0.441. The summed E-state index contributed by atoms with van der Waals surface area (Å²) >= 11 is 0. The van der Waals surface area contributed by atoms with Gasteiger partial charge in [0.15, 0.2) is 0 Å². The van der Waals surface area contributed by atoms with Crippen LogP contribution >= 0.6 is 0 Å². The molecule has 1 rings (SSSR count). The molecule has 1 aliphatic rings. The first-order valence-corrected chi connectivity index (χ1v) is 3.63. The van der Waals surface area contributed by atoms with Crippen molar-refractivity contribution in [3.63, 3.8) is 0 Å². The average molecular weight is 138 g/mol. The topological polar surface area (TPSA) is 38.0 Å². The first-order valence-electron chi connectivity index (χ1n) is 3.63. The van der Waals surface area contributed by atoms with Crippen molar-refractivity contribution in [2.75, 3.05) is 6.54 Å². The van der Waals surface area contributed by atoms with Crippen LogP contribution in [-0.2, 0) is 0 Å². The molecule has 1 aliphatic carbocycles. The van der Waals surface area contributed by atoms with Crippen molar-refractivity contribution in [2.24, 2.45) is 11.8 Å². The monoisotopic (exact) mass is 138 g/mol. The molecule has 2 nitrogen and oxygen atoms in total. The molecule has 0 spiro atoms. The Labute approximate surface area is 61.8 Å². The van der Waals surface area contributed by atoms with Gasteiger partial charge in [-0.05, 0) is 12.3 Å². The molecule has 0 aromatic carbocycles. The number of rotatable bonds is 2. The Balaban J connectivity index is 2.52.